The minimum Gasteiger partial charge on any atom is -0.494 e. The highest BCUT2D eigenvalue weighted by Gasteiger charge is 2.14. The van der Waals surface area contributed by atoms with Gasteiger partial charge < -0.3 is 10.1 Å². The van der Waals surface area contributed by atoms with E-state index in [0.717, 1.165) is 20.3 Å². The first kappa shape index (κ1) is 24.8. The van der Waals surface area contributed by atoms with Crippen molar-refractivity contribution < 1.29 is 9.53 Å². The van der Waals surface area contributed by atoms with Gasteiger partial charge in [0, 0.05) is 26.6 Å². The summed E-state index contributed by atoms with van der Waals surface area (Å²) >= 11 is 7.04. The number of rotatable bonds is 7. The molecule has 0 aliphatic rings. The molecule has 4 nitrogen and oxygen atoms in total. The lowest BCUT2D eigenvalue weighted by Crippen LogP contribution is -2.13. The maximum absolute atomic E-state index is 12.6. The van der Waals surface area contributed by atoms with Gasteiger partial charge in [0.2, 0.25) is 0 Å². The Bertz CT molecular complexity index is 1220. The summed E-state index contributed by atoms with van der Waals surface area (Å²) in [5.74, 6) is 0.260. The average molecular weight is 568 g/mol. The van der Waals surface area contributed by atoms with Crippen LogP contribution in [0.3, 0.4) is 0 Å². The zero-order valence-corrected chi connectivity index (χ0v) is 21.9. The van der Waals surface area contributed by atoms with Crippen LogP contribution in [0.4, 0.5) is 5.69 Å². The molecule has 3 aromatic rings. The molecule has 0 aromatic heterocycles. The van der Waals surface area contributed by atoms with Crippen molar-refractivity contribution in [3.63, 3.8) is 0 Å². The molecule has 0 heterocycles. The molecule has 0 aliphatic carbocycles. The largest absolute Gasteiger partial charge is 0.494 e. The lowest BCUT2D eigenvalue weighted by atomic mass is 9.98. The quantitative estimate of drug-likeness (QED) is 0.239. The average Bonchev–Trinajstić information content (AvgIpc) is 2.75. The van der Waals surface area contributed by atoms with E-state index in [2.05, 4.69) is 69.2 Å². The van der Waals surface area contributed by atoms with Crippen LogP contribution in [0.15, 0.2) is 69.1 Å². The Kier molecular flexibility index (Phi) is 8.49. The smallest absolute Gasteiger partial charge is 0.266 e. The molecule has 0 radical (unpaired) electrons. The summed E-state index contributed by atoms with van der Waals surface area (Å²) in [7, 11) is 0. The number of nitrogens with one attached hydrogen (secondary N) is 1. The molecule has 0 bridgehead atoms. The Hall–Kier alpha value is -2.88. The van der Waals surface area contributed by atoms with Gasteiger partial charge in [-0.1, -0.05) is 61.2 Å². The Morgan fingerprint density at radius 3 is 2.33 bits per heavy atom. The number of benzene rings is 3. The minimum absolute atomic E-state index is 0.00864. The van der Waals surface area contributed by atoms with Crippen molar-refractivity contribution in [2.45, 2.75) is 27.2 Å². The molecule has 0 saturated carbocycles. The summed E-state index contributed by atoms with van der Waals surface area (Å²) < 4.78 is 7.70. The molecule has 0 unspecified atom stereocenters. The van der Waals surface area contributed by atoms with Gasteiger partial charge in [0.1, 0.15) is 17.4 Å². The highest BCUT2D eigenvalue weighted by atomic mass is 79.9. The maximum Gasteiger partial charge on any atom is 0.266 e. The zero-order valence-electron chi connectivity index (χ0n) is 18.7. The first-order chi connectivity index (χ1) is 15.8. The predicted molar refractivity (Wildman–Crippen MR) is 140 cm³/mol. The maximum atomic E-state index is 12.6. The molecule has 0 fully saturated rings. The Morgan fingerprint density at radius 2 is 1.73 bits per heavy atom. The molecule has 33 heavy (non-hydrogen) atoms. The van der Waals surface area contributed by atoms with Crippen molar-refractivity contribution in [1.29, 1.82) is 5.26 Å². The fourth-order valence-corrected chi connectivity index (χ4v) is 4.46. The molecule has 0 aliphatic heterocycles. The summed E-state index contributed by atoms with van der Waals surface area (Å²) in [6.45, 7) is 6.62. The number of carbonyl (C=O) groups is 1. The van der Waals surface area contributed by atoms with Crippen molar-refractivity contribution in [2.75, 3.05) is 11.9 Å². The third kappa shape index (κ3) is 6.80. The lowest BCUT2D eigenvalue weighted by molar-refractivity contribution is -0.112. The molecule has 168 valence electrons. The van der Waals surface area contributed by atoms with Crippen LogP contribution >= 0.6 is 31.9 Å². The van der Waals surface area contributed by atoms with Gasteiger partial charge in [-0.15, -0.1) is 0 Å². The zero-order chi connectivity index (χ0) is 24.0. The van der Waals surface area contributed by atoms with Crippen LogP contribution in [0.25, 0.3) is 6.08 Å². The molecule has 3 aromatic carbocycles. The van der Waals surface area contributed by atoms with E-state index in [1.54, 1.807) is 18.2 Å². The van der Waals surface area contributed by atoms with Crippen LogP contribution in [-0.2, 0) is 11.2 Å². The fourth-order valence-electron chi connectivity index (χ4n) is 3.59. The summed E-state index contributed by atoms with van der Waals surface area (Å²) in [4.78, 5) is 12.6. The summed E-state index contributed by atoms with van der Waals surface area (Å²) in [6.07, 6.45) is 2.28. The molecule has 0 saturated heterocycles. The Labute approximate surface area is 211 Å². The highest BCUT2D eigenvalue weighted by Crippen LogP contribution is 2.33. The number of hydrogen-bond acceptors (Lipinski definition) is 3. The molecule has 6 heteroatoms. The van der Waals surface area contributed by atoms with Gasteiger partial charge in [0.15, 0.2) is 0 Å². The van der Waals surface area contributed by atoms with Crippen LogP contribution in [0.2, 0.25) is 0 Å². The fraction of sp³-hybridized carbons (Fsp3) is 0.185. The Morgan fingerprint density at radius 1 is 1.06 bits per heavy atom. The molecule has 3 rings (SSSR count). The first-order valence-corrected chi connectivity index (χ1v) is 12.1. The van der Waals surface area contributed by atoms with Crippen molar-refractivity contribution >= 4 is 49.5 Å². The van der Waals surface area contributed by atoms with Crippen LogP contribution in [0.5, 0.6) is 5.75 Å². The van der Waals surface area contributed by atoms with Crippen molar-refractivity contribution in [1.82, 2.24) is 0 Å². The first-order valence-electron chi connectivity index (χ1n) is 10.5. The topological polar surface area (TPSA) is 62.1 Å². The van der Waals surface area contributed by atoms with Crippen molar-refractivity contribution in [3.05, 3.63) is 96.9 Å². The number of anilines is 1. The van der Waals surface area contributed by atoms with Gasteiger partial charge in [0.25, 0.3) is 5.91 Å². The van der Waals surface area contributed by atoms with E-state index in [1.165, 1.54) is 16.7 Å². The number of nitriles is 1. The standard InChI is InChI=1S/C27H24Br2N2O2/c1-4-33-26-15-20(12-21(16-30)27(32)31-23-7-5-22(28)6-8-23)14-25(29)24(26)13-19-10-17(2)9-18(3)11-19/h5-12,14-15H,4,13H2,1-3H3,(H,31,32)/b21-12+. The minimum atomic E-state index is -0.465. The molecule has 0 spiro atoms. The number of ether oxygens (including phenoxy) is 1. The van der Waals surface area contributed by atoms with Crippen LogP contribution < -0.4 is 10.1 Å². The van der Waals surface area contributed by atoms with Gasteiger partial charge in [0.05, 0.1) is 6.61 Å². The van der Waals surface area contributed by atoms with Gasteiger partial charge in [-0.05, 0) is 74.4 Å². The molecular weight excluding hydrogens is 544 g/mol. The summed E-state index contributed by atoms with van der Waals surface area (Å²) in [6, 6.07) is 19.5. The van der Waals surface area contributed by atoms with E-state index in [9.17, 15) is 10.1 Å². The van der Waals surface area contributed by atoms with E-state index in [0.29, 0.717) is 24.3 Å². The second kappa shape index (κ2) is 11.3. The molecular formula is C27H24Br2N2O2. The third-order valence-corrected chi connectivity index (χ3v) is 6.15. The SMILES string of the molecule is CCOc1cc(/C=C(\C#N)C(=O)Nc2ccc(Br)cc2)cc(Br)c1Cc1cc(C)cc(C)c1. The normalized spacial score (nSPS) is 11.1. The van der Waals surface area contributed by atoms with Crippen LogP contribution in [0.1, 0.15) is 34.7 Å². The molecule has 1 N–H and O–H groups in total. The van der Waals surface area contributed by atoms with Gasteiger partial charge in [-0.3, -0.25) is 4.79 Å². The summed E-state index contributed by atoms with van der Waals surface area (Å²) in [5, 5.41) is 12.3. The highest BCUT2D eigenvalue weighted by molar-refractivity contribution is 9.10. The Balaban J connectivity index is 1.92. The van der Waals surface area contributed by atoms with E-state index < -0.39 is 5.91 Å². The second-order valence-corrected chi connectivity index (χ2v) is 9.49. The van der Waals surface area contributed by atoms with E-state index in [4.69, 9.17) is 4.74 Å². The van der Waals surface area contributed by atoms with Gasteiger partial charge >= 0.3 is 0 Å². The number of aryl methyl sites for hydroxylation is 2. The number of halogens is 2. The third-order valence-electron chi connectivity index (χ3n) is 4.92. The number of carbonyl (C=O) groups excluding carboxylic acids is 1. The number of hydrogen-bond donors (Lipinski definition) is 1. The summed E-state index contributed by atoms with van der Waals surface area (Å²) in [5.41, 5.74) is 5.99. The van der Waals surface area contributed by atoms with Crippen LogP contribution in [0, 0.1) is 25.2 Å². The number of amides is 1. The van der Waals surface area contributed by atoms with E-state index in [-0.39, 0.29) is 5.57 Å². The molecule has 1 amide bonds. The van der Waals surface area contributed by atoms with E-state index >= 15 is 0 Å². The van der Waals surface area contributed by atoms with Crippen molar-refractivity contribution in [3.8, 4) is 11.8 Å². The predicted octanol–water partition coefficient (Wildman–Crippen LogP) is 7.36. The second-order valence-electron chi connectivity index (χ2n) is 7.72. The molecule has 0 atom stereocenters. The van der Waals surface area contributed by atoms with Gasteiger partial charge in [-0.2, -0.15) is 5.26 Å². The van der Waals surface area contributed by atoms with Crippen molar-refractivity contribution in [2.24, 2.45) is 0 Å². The van der Waals surface area contributed by atoms with Gasteiger partial charge in [-0.25, -0.2) is 0 Å². The lowest BCUT2D eigenvalue weighted by Gasteiger charge is -2.15. The van der Waals surface area contributed by atoms with Crippen LogP contribution in [-0.4, -0.2) is 12.5 Å². The monoisotopic (exact) mass is 566 g/mol. The number of nitrogens with zero attached hydrogens (tertiary/aromatic N) is 1. The van der Waals surface area contributed by atoms with E-state index in [1.807, 2.05) is 37.3 Å².